The van der Waals surface area contributed by atoms with Crippen molar-refractivity contribution in [3.8, 4) is 11.5 Å². The second-order valence-electron chi connectivity index (χ2n) is 5.29. The van der Waals surface area contributed by atoms with Crippen LogP contribution in [0.15, 0.2) is 23.8 Å². The van der Waals surface area contributed by atoms with Crippen molar-refractivity contribution in [2.75, 3.05) is 33.4 Å². The first-order valence-corrected chi connectivity index (χ1v) is 7.24. The van der Waals surface area contributed by atoms with Crippen molar-refractivity contribution < 1.29 is 28.9 Å². The van der Waals surface area contributed by atoms with Crippen LogP contribution in [0.25, 0.3) is 6.08 Å². The summed E-state index contributed by atoms with van der Waals surface area (Å²) < 4.78 is 16.0. The molecule has 7 heteroatoms. The summed E-state index contributed by atoms with van der Waals surface area (Å²) in [6.07, 6.45) is 0.778. The second-order valence-corrected chi connectivity index (χ2v) is 5.29. The third kappa shape index (κ3) is 3.00. The molecule has 2 heterocycles. The van der Waals surface area contributed by atoms with Crippen molar-refractivity contribution in [1.82, 2.24) is 4.90 Å². The summed E-state index contributed by atoms with van der Waals surface area (Å²) in [5, 5.41) is 9.02. The maximum Gasteiger partial charge on any atom is 0.334 e. The largest absolute Gasteiger partial charge is 0.493 e. The summed E-state index contributed by atoms with van der Waals surface area (Å²) in [6, 6.07) is 5.45. The molecule has 1 aromatic rings. The first-order chi connectivity index (χ1) is 11.1. The minimum Gasteiger partial charge on any atom is -0.493 e. The molecule has 7 nitrogen and oxygen atoms in total. The van der Waals surface area contributed by atoms with Gasteiger partial charge in [-0.15, -0.1) is 0 Å². The number of morpholine rings is 1. The number of hydrogen-bond acceptors (Lipinski definition) is 5. The van der Waals surface area contributed by atoms with E-state index in [0.717, 1.165) is 5.56 Å². The normalized spacial score (nSPS) is 20.1. The van der Waals surface area contributed by atoms with Crippen molar-refractivity contribution >= 4 is 18.0 Å². The molecule has 3 rings (SSSR count). The van der Waals surface area contributed by atoms with Gasteiger partial charge in [0.05, 0.1) is 25.8 Å². The Hall–Kier alpha value is -2.54. The van der Waals surface area contributed by atoms with E-state index in [9.17, 15) is 9.59 Å². The van der Waals surface area contributed by atoms with Gasteiger partial charge in [0.15, 0.2) is 17.6 Å². The number of nitrogens with zero attached hydrogens (tertiary/aromatic N) is 1. The van der Waals surface area contributed by atoms with Gasteiger partial charge in [-0.1, -0.05) is 12.1 Å². The summed E-state index contributed by atoms with van der Waals surface area (Å²) in [5.41, 5.74) is 1.25. The Kier molecular flexibility index (Phi) is 4.20. The van der Waals surface area contributed by atoms with Crippen molar-refractivity contribution in [3.05, 3.63) is 29.3 Å². The summed E-state index contributed by atoms with van der Waals surface area (Å²) in [7, 11) is 1.56. The van der Waals surface area contributed by atoms with Gasteiger partial charge in [-0.25, -0.2) is 4.79 Å². The highest BCUT2D eigenvalue weighted by Crippen LogP contribution is 2.35. The van der Waals surface area contributed by atoms with Gasteiger partial charge in [-0.3, -0.25) is 4.79 Å². The van der Waals surface area contributed by atoms with Crippen LogP contribution >= 0.6 is 0 Å². The lowest BCUT2D eigenvalue weighted by Gasteiger charge is -2.32. The topological polar surface area (TPSA) is 85.3 Å². The zero-order valence-electron chi connectivity index (χ0n) is 12.7. The number of carbonyl (C=O) groups is 2. The van der Waals surface area contributed by atoms with Crippen LogP contribution in [0.5, 0.6) is 11.5 Å². The Morgan fingerprint density at radius 1 is 1.39 bits per heavy atom. The fraction of sp³-hybridized carbons (Fsp3) is 0.375. The zero-order chi connectivity index (χ0) is 16.4. The maximum absolute atomic E-state index is 12.6. The van der Waals surface area contributed by atoms with Crippen LogP contribution in [0.2, 0.25) is 0 Å². The van der Waals surface area contributed by atoms with E-state index in [1.54, 1.807) is 19.3 Å². The van der Waals surface area contributed by atoms with Crippen LogP contribution in [-0.4, -0.2) is 61.4 Å². The summed E-state index contributed by atoms with van der Waals surface area (Å²) in [5.74, 6) is -0.0704. The van der Waals surface area contributed by atoms with E-state index in [2.05, 4.69) is 0 Å². The van der Waals surface area contributed by atoms with Gasteiger partial charge in [-0.05, 0) is 12.1 Å². The van der Waals surface area contributed by atoms with Gasteiger partial charge in [0.1, 0.15) is 6.61 Å². The minimum atomic E-state index is -1.06. The van der Waals surface area contributed by atoms with Gasteiger partial charge in [0.2, 0.25) is 0 Å². The molecule has 0 bridgehead atoms. The molecule has 0 unspecified atom stereocenters. The van der Waals surface area contributed by atoms with Crippen LogP contribution in [0.4, 0.5) is 0 Å². The molecule has 1 atom stereocenters. The van der Waals surface area contributed by atoms with Crippen molar-refractivity contribution in [1.29, 1.82) is 0 Å². The first kappa shape index (κ1) is 15.4. The summed E-state index contributed by atoms with van der Waals surface area (Å²) >= 11 is 0. The molecule has 0 aliphatic carbocycles. The fourth-order valence-corrected chi connectivity index (χ4v) is 2.65. The van der Waals surface area contributed by atoms with E-state index in [0.29, 0.717) is 23.6 Å². The lowest BCUT2D eigenvalue weighted by Crippen LogP contribution is -2.49. The number of methoxy groups -OCH3 is 1. The average molecular weight is 319 g/mol. The summed E-state index contributed by atoms with van der Waals surface area (Å²) in [6.45, 7) is 0.740. The second kappa shape index (κ2) is 6.29. The highest BCUT2D eigenvalue weighted by Gasteiger charge is 2.31. The highest BCUT2D eigenvalue weighted by molar-refractivity contribution is 5.99. The van der Waals surface area contributed by atoms with Crippen molar-refractivity contribution in [3.63, 3.8) is 0 Å². The van der Waals surface area contributed by atoms with E-state index in [-0.39, 0.29) is 25.7 Å². The number of benzene rings is 1. The fourth-order valence-electron chi connectivity index (χ4n) is 2.65. The Bertz CT molecular complexity index is 669. The van der Waals surface area contributed by atoms with Gasteiger partial charge >= 0.3 is 5.97 Å². The van der Waals surface area contributed by atoms with Crippen LogP contribution < -0.4 is 9.47 Å². The molecule has 1 aromatic carbocycles. The number of hydrogen-bond donors (Lipinski definition) is 1. The predicted molar refractivity (Wildman–Crippen MR) is 80.4 cm³/mol. The number of para-hydroxylation sites is 1. The molecule has 23 heavy (non-hydrogen) atoms. The Labute approximate surface area is 133 Å². The number of carboxylic acid groups (broad SMARTS) is 1. The maximum atomic E-state index is 12.6. The van der Waals surface area contributed by atoms with E-state index >= 15 is 0 Å². The third-order valence-corrected chi connectivity index (χ3v) is 3.83. The highest BCUT2D eigenvalue weighted by atomic mass is 16.5. The number of carbonyl (C=O) groups excluding carboxylic acids is 1. The van der Waals surface area contributed by atoms with Gasteiger partial charge in [0.25, 0.3) is 5.91 Å². The van der Waals surface area contributed by atoms with Crippen LogP contribution in [-0.2, 0) is 14.3 Å². The molecule has 0 aromatic heterocycles. The molecule has 2 aliphatic rings. The average Bonchev–Trinajstić information content (AvgIpc) is 2.60. The third-order valence-electron chi connectivity index (χ3n) is 3.83. The van der Waals surface area contributed by atoms with E-state index < -0.39 is 12.1 Å². The number of carboxylic acids is 1. The summed E-state index contributed by atoms with van der Waals surface area (Å²) in [4.78, 5) is 25.1. The number of ether oxygens (including phenoxy) is 3. The molecule has 1 N–H and O–H groups in total. The number of rotatable bonds is 3. The lowest BCUT2D eigenvalue weighted by molar-refractivity contribution is -0.158. The van der Waals surface area contributed by atoms with E-state index in [4.69, 9.17) is 19.3 Å². The van der Waals surface area contributed by atoms with E-state index in [1.807, 2.05) is 12.1 Å². The predicted octanol–water partition coefficient (Wildman–Crippen LogP) is 0.783. The lowest BCUT2D eigenvalue weighted by atomic mass is 10.1. The molecule has 0 radical (unpaired) electrons. The number of aliphatic carboxylic acids is 1. The SMILES string of the molecule is COc1cccc2c1OCC(C(=O)N1CCO[C@H](C(=O)O)C1)=C2. The molecule has 1 fully saturated rings. The molecule has 1 amide bonds. The number of amides is 1. The van der Waals surface area contributed by atoms with Crippen LogP contribution in [0.3, 0.4) is 0 Å². The van der Waals surface area contributed by atoms with Gasteiger partial charge in [0, 0.05) is 12.1 Å². The zero-order valence-corrected chi connectivity index (χ0v) is 12.7. The molecule has 1 saturated heterocycles. The molecular formula is C16H17NO6. The van der Waals surface area contributed by atoms with Crippen LogP contribution in [0, 0.1) is 0 Å². The smallest absolute Gasteiger partial charge is 0.334 e. The van der Waals surface area contributed by atoms with Crippen molar-refractivity contribution in [2.45, 2.75) is 6.10 Å². The van der Waals surface area contributed by atoms with Gasteiger partial charge < -0.3 is 24.2 Å². The minimum absolute atomic E-state index is 0.0382. The Morgan fingerprint density at radius 2 is 2.22 bits per heavy atom. The Morgan fingerprint density at radius 3 is 2.96 bits per heavy atom. The first-order valence-electron chi connectivity index (χ1n) is 7.24. The standard InChI is InChI=1S/C16H17NO6/c1-21-12-4-2-3-10-7-11(9-23-14(10)12)15(18)17-5-6-22-13(8-17)16(19)20/h2-4,7,13H,5-6,8-9H2,1H3,(H,19,20)/t13-/m0/s1. The molecular weight excluding hydrogens is 302 g/mol. The molecule has 0 saturated carbocycles. The van der Waals surface area contributed by atoms with Crippen LogP contribution in [0.1, 0.15) is 5.56 Å². The quantitative estimate of drug-likeness (QED) is 0.886. The molecule has 2 aliphatic heterocycles. The number of fused-ring (bicyclic) bond motifs is 1. The van der Waals surface area contributed by atoms with Crippen molar-refractivity contribution in [2.24, 2.45) is 0 Å². The molecule has 122 valence electrons. The molecule has 0 spiro atoms. The van der Waals surface area contributed by atoms with E-state index in [1.165, 1.54) is 4.90 Å². The Balaban J connectivity index is 1.80. The monoisotopic (exact) mass is 319 g/mol. The van der Waals surface area contributed by atoms with Gasteiger partial charge in [-0.2, -0.15) is 0 Å².